The van der Waals surface area contributed by atoms with Gasteiger partial charge in [-0.15, -0.1) is 0 Å². The van der Waals surface area contributed by atoms with Crippen molar-refractivity contribution >= 4 is 11.6 Å². The number of rotatable bonds is 4. The number of hydrogen-bond donors (Lipinski definition) is 0. The van der Waals surface area contributed by atoms with Crippen LogP contribution in [-0.2, 0) is 6.42 Å². The Morgan fingerprint density at radius 2 is 1.62 bits per heavy atom. The highest BCUT2D eigenvalue weighted by Crippen LogP contribution is 2.17. The Labute approximate surface area is 85.9 Å². The number of benzene rings is 1. The Balaban J connectivity index is 2.58. The van der Waals surface area contributed by atoms with Gasteiger partial charge in [-0.05, 0) is 30.0 Å². The maximum atomic E-state index is 5.82. The third-order valence-corrected chi connectivity index (χ3v) is 2.84. The van der Waals surface area contributed by atoms with Gasteiger partial charge < -0.3 is 0 Å². The van der Waals surface area contributed by atoms with E-state index in [4.69, 9.17) is 11.6 Å². The summed E-state index contributed by atoms with van der Waals surface area (Å²) in [5.74, 6) is 0.821. The van der Waals surface area contributed by atoms with Crippen LogP contribution in [0.4, 0.5) is 0 Å². The summed E-state index contributed by atoms with van der Waals surface area (Å²) in [4.78, 5) is 0. The first kappa shape index (κ1) is 10.6. The average molecular weight is 197 g/mol. The molecule has 1 heteroatoms. The molecule has 1 aromatic carbocycles. The molecule has 0 nitrogen and oxygen atoms in total. The normalized spacial score (nSPS) is 10.8. The summed E-state index contributed by atoms with van der Waals surface area (Å²) in [6, 6.07) is 8.19. The molecule has 0 N–H and O–H groups in total. The molecule has 0 unspecified atom stereocenters. The summed E-state index contributed by atoms with van der Waals surface area (Å²) in [5, 5.41) is 0.827. The Hall–Kier alpha value is -0.490. The Morgan fingerprint density at radius 3 is 2.08 bits per heavy atom. The van der Waals surface area contributed by atoms with Gasteiger partial charge in [0.2, 0.25) is 0 Å². The van der Waals surface area contributed by atoms with E-state index in [2.05, 4.69) is 26.0 Å². The largest absolute Gasteiger partial charge is 0.0843 e. The molecule has 0 spiro atoms. The number of hydrogen-bond acceptors (Lipinski definition) is 0. The Kier molecular flexibility index (Phi) is 4.31. The smallest absolute Gasteiger partial charge is 0.0406 e. The van der Waals surface area contributed by atoms with Crippen molar-refractivity contribution in [2.75, 3.05) is 0 Å². The molecule has 0 aromatic heterocycles. The van der Waals surface area contributed by atoms with Gasteiger partial charge in [-0.25, -0.2) is 0 Å². The van der Waals surface area contributed by atoms with Crippen LogP contribution >= 0.6 is 11.6 Å². The molecular formula is C12H17Cl. The Morgan fingerprint density at radius 1 is 1.08 bits per heavy atom. The molecule has 0 radical (unpaired) electrons. The monoisotopic (exact) mass is 196 g/mol. The van der Waals surface area contributed by atoms with E-state index in [1.807, 2.05) is 12.1 Å². The van der Waals surface area contributed by atoms with Gasteiger partial charge in [0.15, 0.2) is 0 Å². The lowest BCUT2D eigenvalue weighted by molar-refractivity contribution is 0.490. The SMILES string of the molecule is CCC(CC)Cc1ccc(Cl)cc1. The second-order valence-electron chi connectivity index (χ2n) is 3.51. The molecule has 72 valence electrons. The molecule has 0 saturated carbocycles. The van der Waals surface area contributed by atoms with Crippen LogP contribution in [0.2, 0.25) is 5.02 Å². The first-order chi connectivity index (χ1) is 6.26. The van der Waals surface area contributed by atoms with Gasteiger partial charge in [-0.3, -0.25) is 0 Å². The fourth-order valence-electron chi connectivity index (χ4n) is 1.53. The van der Waals surface area contributed by atoms with E-state index in [0.29, 0.717) is 0 Å². The second kappa shape index (κ2) is 5.29. The second-order valence-corrected chi connectivity index (χ2v) is 3.95. The van der Waals surface area contributed by atoms with Crippen molar-refractivity contribution in [3.63, 3.8) is 0 Å². The van der Waals surface area contributed by atoms with Crippen LogP contribution in [0.3, 0.4) is 0 Å². The van der Waals surface area contributed by atoms with Gasteiger partial charge in [0.25, 0.3) is 0 Å². The van der Waals surface area contributed by atoms with E-state index in [0.717, 1.165) is 10.9 Å². The predicted octanol–water partition coefficient (Wildman–Crippen LogP) is 4.32. The lowest BCUT2D eigenvalue weighted by Crippen LogP contribution is -2.01. The lowest BCUT2D eigenvalue weighted by atomic mass is 9.95. The van der Waals surface area contributed by atoms with Crippen molar-refractivity contribution in [1.29, 1.82) is 0 Å². The molecular weight excluding hydrogens is 180 g/mol. The summed E-state index contributed by atoms with van der Waals surface area (Å²) < 4.78 is 0. The van der Waals surface area contributed by atoms with Gasteiger partial charge in [-0.1, -0.05) is 50.4 Å². The summed E-state index contributed by atoms with van der Waals surface area (Å²) in [7, 11) is 0. The molecule has 0 aliphatic rings. The first-order valence-electron chi connectivity index (χ1n) is 5.00. The average Bonchev–Trinajstić information content (AvgIpc) is 2.17. The molecule has 0 heterocycles. The van der Waals surface area contributed by atoms with Crippen molar-refractivity contribution in [2.24, 2.45) is 5.92 Å². The number of halogens is 1. The van der Waals surface area contributed by atoms with E-state index in [1.54, 1.807) is 0 Å². The van der Waals surface area contributed by atoms with E-state index in [1.165, 1.54) is 24.8 Å². The van der Waals surface area contributed by atoms with E-state index >= 15 is 0 Å². The van der Waals surface area contributed by atoms with Crippen molar-refractivity contribution < 1.29 is 0 Å². The molecule has 0 bridgehead atoms. The van der Waals surface area contributed by atoms with E-state index in [-0.39, 0.29) is 0 Å². The van der Waals surface area contributed by atoms with Gasteiger partial charge in [0.05, 0.1) is 0 Å². The van der Waals surface area contributed by atoms with Gasteiger partial charge in [0, 0.05) is 5.02 Å². The topological polar surface area (TPSA) is 0 Å². The van der Waals surface area contributed by atoms with Gasteiger partial charge >= 0.3 is 0 Å². The summed E-state index contributed by atoms with van der Waals surface area (Å²) in [5.41, 5.74) is 1.40. The molecule has 0 amide bonds. The Bertz CT molecular complexity index is 234. The molecule has 1 aromatic rings. The molecule has 1 rings (SSSR count). The van der Waals surface area contributed by atoms with Crippen LogP contribution in [0.5, 0.6) is 0 Å². The molecule has 0 saturated heterocycles. The standard InChI is InChI=1S/C12H17Cl/c1-3-10(4-2)9-11-5-7-12(13)8-6-11/h5-8,10H,3-4,9H2,1-2H3. The molecule has 13 heavy (non-hydrogen) atoms. The maximum Gasteiger partial charge on any atom is 0.0406 e. The quantitative estimate of drug-likeness (QED) is 0.673. The zero-order valence-electron chi connectivity index (χ0n) is 8.39. The highest BCUT2D eigenvalue weighted by Gasteiger charge is 2.04. The first-order valence-corrected chi connectivity index (χ1v) is 5.38. The van der Waals surface area contributed by atoms with E-state index < -0.39 is 0 Å². The van der Waals surface area contributed by atoms with Crippen molar-refractivity contribution in [3.05, 3.63) is 34.9 Å². The van der Waals surface area contributed by atoms with Crippen molar-refractivity contribution in [2.45, 2.75) is 33.1 Å². The molecule has 0 aliphatic heterocycles. The fourth-order valence-corrected chi connectivity index (χ4v) is 1.66. The highest BCUT2D eigenvalue weighted by atomic mass is 35.5. The van der Waals surface area contributed by atoms with Crippen LogP contribution in [0.1, 0.15) is 32.3 Å². The molecule has 0 atom stereocenters. The molecule has 0 fully saturated rings. The minimum Gasteiger partial charge on any atom is -0.0843 e. The minimum atomic E-state index is 0.821. The van der Waals surface area contributed by atoms with Gasteiger partial charge in [-0.2, -0.15) is 0 Å². The van der Waals surface area contributed by atoms with Gasteiger partial charge in [0.1, 0.15) is 0 Å². The summed E-state index contributed by atoms with van der Waals surface area (Å²) >= 11 is 5.82. The summed E-state index contributed by atoms with van der Waals surface area (Å²) in [6.45, 7) is 4.51. The summed E-state index contributed by atoms with van der Waals surface area (Å²) in [6.07, 6.45) is 3.71. The van der Waals surface area contributed by atoms with Crippen LogP contribution < -0.4 is 0 Å². The van der Waals surface area contributed by atoms with E-state index in [9.17, 15) is 0 Å². The van der Waals surface area contributed by atoms with Crippen LogP contribution in [0, 0.1) is 5.92 Å². The zero-order chi connectivity index (χ0) is 9.68. The minimum absolute atomic E-state index is 0.821. The molecule has 0 aliphatic carbocycles. The maximum absolute atomic E-state index is 5.82. The third kappa shape index (κ3) is 3.40. The zero-order valence-corrected chi connectivity index (χ0v) is 9.14. The lowest BCUT2D eigenvalue weighted by Gasteiger charge is -2.11. The highest BCUT2D eigenvalue weighted by molar-refractivity contribution is 6.30. The third-order valence-electron chi connectivity index (χ3n) is 2.59. The predicted molar refractivity (Wildman–Crippen MR) is 59.2 cm³/mol. The van der Waals surface area contributed by atoms with Crippen molar-refractivity contribution in [1.82, 2.24) is 0 Å². The fraction of sp³-hybridized carbons (Fsp3) is 0.500. The van der Waals surface area contributed by atoms with Crippen LogP contribution in [0.25, 0.3) is 0 Å². The van der Waals surface area contributed by atoms with Crippen LogP contribution in [-0.4, -0.2) is 0 Å². The van der Waals surface area contributed by atoms with Crippen molar-refractivity contribution in [3.8, 4) is 0 Å². The van der Waals surface area contributed by atoms with Crippen LogP contribution in [0.15, 0.2) is 24.3 Å².